The minimum absolute atomic E-state index is 0.446. The van der Waals surface area contributed by atoms with Crippen LogP contribution in [0.2, 0.25) is 0 Å². The molecule has 0 aliphatic rings. The molecule has 112 valence electrons. The van der Waals surface area contributed by atoms with Crippen LogP contribution < -0.4 is 10.5 Å². The van der Waals surface area contributed by atoms with E-state index in [2.05, 4.69) is 32.0 Å². The molecular weight excluding hydrogens is 282 g/mol. The van der Waals surface area contributed by atoms with E-state index in [4.69, 9.17) is 10.5 Å². The lowest BCUT2D eigenvalue weighted by Crippen LogP contribution is -2.03. The summed E-state index contributed by atoms with van der Waals surface area (Å²) in [7, 11) is 0.619. The Balaban J connectivity index is 2.13. The zero-order valence-corrected chi connectivity index (χ0v) is 13.5. The van der Waals surface area contributed by atoms with Gasteiger partial charge in [0.05, 0.1) is 12.9 Å². The van der Waals surface area contributed by atoms with E-state index >= 15 is 0 Å². The second kappa shape index (κ2) is 6.76. The van der Waals surface area contributed by atoms with Crippen LogP contribution in [0.5, 0.6) is 5.75 Å². The number of nitrogen functional groups attached to an aromatic ring is 1. The van der Waals surface area contributed by atoms with Crippen LogP contribution in [0, 0.1) is 13.8 Å². The first-order chi connectivity index (χ1) is 9.97. The quantitative estimate of drug-likeness (QED) is 0.862. The van der Waals surface area contributed by atoms with Crippen molar-refractivity contribution in [2.24, 2.45) is 0 Å². The molecule has 2 aromatic rings. The average Bonchev–Trinajstić information content (AvgIpc) is 2.37. The van der Waals surface area contributed by atoms with Crippen molar-refractivity contribution < 1.29 is 8.95 Å². The van der Waals surface area contributed by atoms with Crippen molar-refractivity contribution >= 4 is 16.5 Å². The summed E-state index contributed by atoms with van der Waals surface area (Å²) in [5, 5.41) is 0. The van der Waals surface area contributed by atoms with Gasteiger partial charge in [-0.05, 0) is 37.6 Å². The number of methoxy groups -OCH3 is 1. The van der Waals surface area contributed by atoms with Gasteiger partial charge in [0, 0.05) is 27.8 Å². The largest absolute Gasteiger partial charge is 0.496 e. The molecule has 0 radical (unpaired) electrons. The van der Waals surface area contributed by atoms with Crippen LogP contribution in [0.25, 0.3) is 0 Å². The maximum absolute atomic E-state index is 12.4. The molecule has 2 N–H and O–H groups in total. The third-order valence-electron chi connectivity index (χ3n) is 3.23. The molecule has 0 aromatic heterocycles. The van der Waals surface area contributed by atoms with E-state index in [1.54, 1.807) is 13.2 Å². The zero-order valence-electron chi connectivity index (χ0n) is 12.7. The summed E-state index contributed by atoms with van der Waals surface area (Å²) in [6.45, 7) is 4.11. The standard InChI is InChI=1S/C17H21NO2S/c1-12-6-13(2)8-14(7-12)10-21(19)11-15-9-16(18)4-5-17(15)20-3/h4-9H,10-11,18H2,1-3H3. The number of hydrogen-bond donors (Lipinski definition) is 1. The molecule has 0 saturated carbocycles. The van der Waals surface area contributed by atoms with Crippen molar-refractivity contribution in [3.05, 3.63) is 58.7 Å². The molecule has 2 aromatic carbocycles. The topological polar surface area (TPSA) is 52.3 Å². The summed E-state index contributed by atoms with van der Waals surface area (Å²) < 4.78 is 17.7. The monoisotopic (exact) mass is 303 g/mol. The first-order valence-electron chi connectivity index (χ1n) is 6.82. The third-order valence-corrected chi connectivity index (χ3v) is 4.52. The van der Waals surface area contributed by atoms with Gasteiger partial charge in [-0.15, -0.1) is 0 Å². The second-order valence-electron chi connectivity index (χ2n) is 5.30. The fourth-order valence-corrected chi connectivity index (χ4v) is 3.69. The minimum Gasteiger partial charge on any atom is -0.496 e. The van der Waals surface area contributed by atoms with E-state index in [9.17, 15) is 4.21 Å². The van der Waals surface area contributed by atoms with Crippen molar-refractivity contribution in [3.63, 3.8) is 0 Å². The molecule has 3 nitrogen and oxygen atoms in total. The Morgan fingerprint density at radius 2 is 1.71 bits per heavy atom. The van der Waals surface area contributed by atoms with Crippen LogP contribution in [0.4, 0.5) is 5.69 Å². The fourth-order valence-electron chi connectivity index (χ4n) is 2.47. The van der Waals surface area contributed by atoms with Crippen LogP contribution in [0.3, 0.4) is 0 Å². The van der Waals surface area contributed by atoms with Gasteiger partial charge in [-0.1, -0.05) is 29.3 Å². The molecule has 0 fully saturated rings. The summed E-state index contributed by atoms with van der Waals surface area (Å²) >= 11 is 0. The van der Waals surface area contributed by atoms with Gasteiger partial charge in [0.25, 0.3) is 0 Å². The first-order valence-corrected chi connectivity index (χ1v) is 8.31. The summed E-state index contributed by atoms with van der Waals surface area (Å²) in [4.78, 5) is 0. The van der Waals surface area contributed by atoms with Gasteiger partial charge in [0.15, 0.2) is 0 Å². The number of hydrogen-bond acceptors (Lipinski definition) is 3. The SMILES string of the molecule is COc1ccc(N)cc1CS(=O)Cc1cc(C)cc(C)c1. The van der Waals surface area contributed by atoms with Crippen LogP contribution in [0.1, 0.15) is 22.3 Å². The molecule has 1 unspecified atom stereocenters. The van der Waals surface area contributed by atoms with E-state index < -0.39 is 10.8 Å². The summed E-state index contributed by atoms with van der Waals surface area (Å²) in [6.07, 6.45) is 0. The highest BCUT2D eigenvalue weighted by atomic mass is 32.2. The number of rotatable bonds is 5. The normalized spacial score (nSPS) is 12.1. The van der Waals surface area contributed by atoms with E-state index in [0.29, 0.717) is 17.2 Å². The molecule has 0 aliphatic carbocycles. The van der Waals surface area contributed by atoms with Crippen LogP contribution in [0.15, 0.2) is 36.4 Å². The number of ether oxygens (including phenoxy) is 1. The van der Waals surface area contributed by atoms with Crippen LogP contribution >= 0.6 is 0 Å². The Labute approximate surface area is 128 Å². The van der Waals surface area contributed by atoms with Crippen molar-refractivity contribution in [3.8, 4) is 5.75 Å². The van der Waals surface area contributed by atoms with Crippen LogP contribution in [-0.2, 0) is 22.3 Å². The lowest BCUT2D eigenvalue weighted by atomic mass is 10.1. The Morgan fingerprint density at radius 1 is 1.05 bits per heavy atom. The van der Waals surface area contributed by atoms with Gasteiger partial charge in [0.1, 0.15) is 5.75 Å². The Bertz CT molecular complexity index is 648. The van der Waals surface area contributed by atoms with Crippen molar-refractivity contribution in [2.45, 2.75) is 25.4 Å². The molecule has 0 spiro atoms. The number of nitrogens with two attached hydrogens (primary N) is 1. The van der Waals surface area contributed by atoms with Crippen molar-refractivity contribution in [1.29, 1.82) is 0 Å². The Morgan fingerprint density at radius 3 is 2.33 bits per heavy atom. The predicted molar refractivity (Wildman–Crippen MR) is 88.9 cm³/mol. The highest BCUT2D eigenvalue weighted by Gasteiger charge is 2.09. The molecular formula is C17H21NO2S. The molecule has 0 saturated heterocycles. The molecule has 0 aliphatic heterocycles. The molecule has 21 heavy (non-hydrogen) atoms. The van der Waals surface area contributed by atoms with E-state index in [0.717, 1.165) is 16.9 Å². The molecule has 0 heterocycles. The lowest BCUT2D eigenvalue weighted by Gasteiger charge is -2.10. The van der Waals surface area contributed by atoms with E-state index in [1.807, 2.05) is 12.1 Å². The highest BCUT2D eigenvalue weighted by Crippen LogP contribution is 2.23. The van der Waals surface area contributed by atoms with Gasteiger partial charge in [0.2, 0.25) is 0 Å². The smallest absolute Gasteiger partial charge is 0.123 e. The molecule has 1 atom stereocenters. The van der Waals surface area contributed by atoms with Gasteiger partial charge in [-0.25, -0.2) is 0 Å². The summed E-state index contributed by atoms with van der Waals surface area (Å²) in [5.41, 5.74) is 10.8. The van der Waals surface area contributed by atoms with Gasteiger partial charge in [-0.2, -0.15) is 0 Å². The van der Waals surface area contributed by atoms with Gasteiger partial charge >= 0.3 is 0 Å². The van der Waals surface area contributed by atoms with E-state index in [1.165, 1.54) is 11.1 Å². The summed E-state index contributed by atoms with van der Waals surface area (Å²) in [5.74, 6) is 1.72. The van der Waals surface area contributed by atoms with E-state index in [-0.39, 0.29) is 0 Å². The maximum Gasteiger partial charge on any atom is 0.123 e. The second-order valence-corrected chi connectivity index (χ2v) is 6.75. The number of benzene rings is 2. The molecule has 4 heteroatoms. The highest BCUT2D eigenvalue weighted by molar-refractivity contribution is 7.83. The Hall–Kier alpha value is -1.81. The first kappa shape index (κ1) is 15.6. The lowest BCUT2D eigenvalue weighted by molar-refractivity contribution is 0.411. The Kier molecular flexibility index (Phi) is 5.02. The maximum atomic E-state index is 12.4. The van der Waals surface area contributed by atoms with Gasteiger partial charge in [-0.3, -0.25) is 4.21 Å². The summed E-state index contributed by atoms with van der Waals surface area (Å²) in [6, 6.07) is 11.7. The van der Waals surface area contributed by atoms with Gasteiger partial charge < -0.3 is 10.5 Å². The van der Waals surface area contributed by atoms with Crippen molar-refractivity contribution in [2.75, 3.05) is 12.8 Å². The zero-order chi connectivity index (χ0) is 15.4. The predicted octanol–water partition coefficient (Wildman–Crippen LogP) is 3.34. The van der Waals surface area contributed by atoms with Crippen molar-refractivity contribution in [1.82, 2.24) is 0 Å². The number of anilines is 1. The van der Waals surface area contributed by atoms with Crippen LogP contribution in [-0.4, -0.2) is 11.3 Å². The molecule has 0 amide bonds. The minimum atomic E-state index is -0.994. The molecule has 2 rings (SSSR count). The fraction of sp³-hybridized carbons (Fsp3) is 0.294. The number of aryl methyl sites for hydroxylation is 2. The third kappa shape index (κ3) is 4.33. The average molecular weight is 303 g/mol. The molecule has 0 bridgehead atoms.